The Balaban J connectivity index is 1.72. The average molecular weight is 370 g/mol. The van der Waals surface area contributed by atoms with Crippen LogP contribution in [0.5, 0.6) is 11.5 Å². The van der Waals surface area contributed by atoms with Crippen LogP contribution in [0, 0.1) is 11.3 Å². The minimum absolute atomic E-state index is 0.116. The fraction of sp³-hybridized carbons (Fsp3) is 0. The first-order chi connectivity index (χ1) is 13.2. The number of aliphatic hydroxyl groups is 1. The molecule has 0 saturated carbocycles. The number of thiazole rings is 1. The average Bonchev–Trinajstić information content (AvgIpc) is 3.13. The Morgan fingerprint density at radius 3 is 2.44 bits per heavy atom. The van der Waals surface area contributed by atoms with Crippen LogP contribution in [0.4, 0.5) is 0 Å². The summed E-state index contributed by atoms with van der Waals surface area (Å²) < 4.78 is 6.77. The van der Waals surface area contributed by atoms with Gasteiger partial charge in [0.15, 0.2) is 0 Å². The number of nitrogens with zero attached hydrogens (tertiary/aromatic N) is 2. The molecule has 4 aromatic rings. The van der Waals surface area contributed by atoms with Crippen molar-refractivity contribution < 1.29 is 9.84 Å². The van der Waals surface area contributed by atoms with Gasteiger partial charge in [0, 0.05) is 5.56 Å². The zero-order valence-electron chi connectivity index (χ0n) is 14.2. The molecule has 1 N–H and O–H groups in total. The third-order valence-electron chi connectivity index (χ3n) is 3.94. The normalized spacial score (nSPS) is 11.7. The molecule has 3 aromatic carbocycles. The summed E-state index contributed by atoms with van der Waals surface area (Å²) >= 11 is 1.38. The molecule has 1 aromatic heterocycles. The second-order valence-electron chi connectivity index (χ2n) is 5.77. The van der Waals surface area contributed by atoms with E-state index in [-0.39, 0.29) is 11.3 Å². The number of ether oxygens (including phenoxy) is 1. The van der Waals surface area contributed by atoms with Gasteiger partial charge in [0.25, 0.3) is 0 Å². The van der Waals surface area contributed by atoms with Crippen molar-refractivity contribution in [1.29, 1.82) is 5.26 Å². The van der Waals surface area contributed by atoms with Crippen LogP contribution in [0.2, 0.25) is 0 Å². The van der Waals surface area contributed by atoms with Gasteiger partial charge in [0.2, 0.25) is 0 Å². The zero-order chi connectivity index (χ0) is 18.6. The largest absolute Gasteiger partial charge is 0.506 e. The lowest BCUT2D eigenvalue weighted by atomic mass is 10.1. The summed E-state index contributed by atoms with van der Waals surface area (Å²) in [5.74, 6) is 1.16. The first kappa shape index (κ1) is 16.8. The van der Waals surface area contributed by atoms with Crippen molar-refractivity contribution in [3.05, 3.63) is 89.4 Å². The van der Waals surface area contributed by atoms with E-state index >= 15 is 0 Å². The van der Waals surface area contributed by atoms with E-state index in [4.69, 9.17) is 4.74 Å². The van der Waals surface area contributed by atoms with Gasteiger partial charge in [-0.1, -0.05) is 42.5 Å². The summed E-state index contributed by atoms with van der Waals surface area (Å²) in [7, 11) is 0. The van der Waals surface area contributed by atoms with Crippen molar-refractivity contribution in [2.75, 3.05) is 0 Å². The van der Waals surface area contributed by atoms with Crippen LogP contribution in [0.15, 0.2) is 78.9 Å². The number of fused-ring (bicyclic) bond motifs is 1. The number of aromatic nitrogens is 1. The maximum absolute atomic E-state index is 10.7. The number of hydrogen-bond acceptors (Lipinski definition) is 5. The van der Waals surface area contributed by atoms with Gasteiger partial charge in [-0.25, -0.2) is 4.98 Å². The number of nitriles is 1. The topological polar surface area (TPSA) is 66.1 Å². The third-order valence-corrected chi connectivity index (χ3v) is 5.00. The minimum Gasteiger partial charge on any atom is -0.506 e. The SMILES string of the molecule is N#CC(=C(O)c1cccc(Oc2ccccc2)c1)c1nc2ccccc2s1. The van der Waals surface area contributed by atoms with Gasteiger partial charge in [0.05, 0.1) is 10.2 Å². The van der Waals surface area contributed by atoms with Crippen LogP contribution in [0.3, 0.4) is 0 Å². The molecule has 0 radical (unpaired) electrons. The van der Waals surface area contributed by atoms with Gasteiger partial charge in [-0.3, -0.25) is 0 Å². The van der Waals surface area contributed by atoms with Crippen molar-refractivity contribution in [3.63, 3.8) is 0 Å². The summed E-state index contributed by atoms with van der Waals surface area (Å²) in [6, 6.07) is 26.1. The van der Waals surface area contributed by atoms with Crippen molar-refractivity contribution in [2.45, 2.75) is 0 Å². The first-order valence-electron chi connectivity index (χ1n) is 8.27. The predicted octanol–water partition coefficient (Wildman–Crippen LogP) is 6.04. The zero-order valence-corrected chi connectivity index (χ0v) is 15.0. The van der Waals surface area contributed by atoms with Crippen molar-refractivity contribution in [2.24, 2.45) is 0 Å². The standard InChI is InChI=1S/C22H14N2O2S/c23-14-18(22-24-19-11-4-5-12-20(19)27-22)21(25)15-7-6-10-17(13-15)26-16-8-2-1-3-9-16/h1-13,25H. The number of benzene rings is 3. The molecule has 130 valence electrons. The molecule has 27 heavy (non-hydrogen) atoms. The van der Waals surface area contributed by atoms with E-state index in [9.17, 15) is 10.4 Å². The molecule has 4 nitrogen and oxygen atoms in total. The molecule has 4 rings (SSSR count). The number of rotatable bonds is 4. The fourth-order valence-electron chi connectivity index (χ4n) is 2.66. The van der Waals surface area contributed by atoms with Crippen molar-refractivity contribution >= 4 is 32.9 Å². The van der Waals surface area contributed by atoms with Crippen LogP contribution in [0.25, 0.3) is 21.5 Å². The molecule has 0 spiro atoms. The van der Waals surface area contributed by atoms with Gasteiger partial charge in [0.1, 0.15) is 33.9 Å². The summed E-state index contributed by atoms with van der Waals surface area (Å²) in [5.41, 5.74) is 1.45. The second kappa shape index (κ2) is 7.32. The molecule has 0 atom stereocenters. The molecular formula is C22H14N2O2S. The van der Waals surface area contributed by atoms with Crippen LogP contribution in [-0.2, 0) is 0 Å². The van der Waals surface area contributed by atoms with Gasteiger partial charge in [-0.2, -0.15) is 5.26 Å². The van der Waals surface area contributed by atoms with Gasteiger partial charge in [-0.15, -0.1) is 11.3 Å². The highest BCUT2D eigenvalue weighted by Gasteiger charge is 2.15. The van der Waals surface area contributed by atoms with Crippen LogP contribution in [0.1, 0.15) is 10.6 Å². The summed E-state index contributed by atoms with van der Waals surface area (Å²) in [6.07, 6.45) is 0. The Bertz CT molecular complexity index is 1140. The minimum atomic E-state index is -0.116. The Labute approximate surface area is 160 Å². The maximum Gasteiger partial charge on any atom is 0.143 e. The quantitative estimate of drug-likeness (QED) is 0.351. The number of aliphatic hydroxyl groups excluding tert-OH is 1. The lowest BCUT2D eigenvalue weighted by Gasteiger charge is -2.08. The molecule has 0 aliphatic heterocycles. The van der Waals surface area contributed by atoms with Crippen LogP contribution in [-0.4, -0.2) is 10.1 Å². The Kier molecular flexibility index (Phi) is 4.56. The van der Waals surface area contributed by atoms with E-state index in [1.807, 2.05) is 54.6 Å². The molecule has 0 amide bonds. The number of hydrogen-bond donors (Lipinski definition) is 1. The van der Waals surface area contributed by atoms with Gasteiger partial charge in [-0.05, 0) is 36.4 Å². The molecular weight excluding hydrogens is 356 g/mol. The van der Waals surface area contributed by atoms with Crippen LogP contribution >= 0.6 is 11.3 Å². The second-order valence-corrected chi connectivity index (χ2v) is 6.80. The molecule has 0 unspecified atom stereocenters. The summed E-state index contributed by atoms with van der Waals surface area (Å²) in [5, 5.41) is 20.8. The monoisotopic (exact) mass is 370 g/mol. The Morgan fingerprint density at radius 2 is 1.67 bits per heavy atom. The van der Waals surface area contributed by atoms with Gasteiger partial charge >= 0.3 is 0 Å². The smallest absolute Gasteiger partial charge is 0.143 e. The van der Waals surface area contributed by atoms with E-state index in [2.05, 4.69) is 11.1 Å². The van der Waals surface area contributed by atoms with E-state index in [0.29, 0.717) is 22.1 Å². The third kappa shape index (κ3) is 3.52. The van der Waals surface area contributed by atoms with Crippen molar-refractivity contribution in [1.82, 2.24) is 4.98 Å². The maximum atomic E-state index is 10.7. The number of para-hydroxylation sites is 2. The lowest BCUT2D eigenvalue weighted by Crippen LogP contribution is -1.91. The van der Waals surface area contributed by atoms with E-state index < -0.39 is 0 Å². The lowest BCUT2D eigenvalue weighted by molar-refractivity contribution is 0.480. The summed E-state index contributed by atoms with van der Waals surface area (Å²) in [6.45, 7) is 0. The van der Waals surface area contributed by atoms with E-state index in [1.165, 1.54) is 11.3 Å². The molecule has 0 aliphatic carbocycles. The van der Waals surface area contributed by atoms with Crippen molar-refractivity contribution in [3.8, 4) is 17.6 Å². The van der Waals surface area contributed by atoms with Crippen LogP contribution < -0.4 is 4.74 Å². The highest BCUT2D eigenvalue weighted by atomic mass is 32.1. The number of allylic oxidation sites excluding steroid dienone is 1. The highest BCUT2D eigenvalue weighted by Crippen LogP contribution is 2.32. The predicted molar refractivity (Wildman–Crippen MR) is 108 cm³/mol. The molecule has 0 aliphatic rings. The highest BCUT2D eigenvalue weighted by molar-refractivity contribution is 7.19. The van der Waals surface area contributed by atoms with E-state index in [1.54, 1.807) is 24.3 Å². The summed E-state index contributed by atoms with van der Waals surface area (Å²) in [4.78, 5) is 4.47. The van der Waals surface area contributed by atoms with Gasteiger partial charge < -0.3 is 9.84 Å². The van der Waals surface area contributed by atoms with E-state index in [0.717, 1.165) is 10.2 Å². The molecule has 0 fully saturated rings. The first-order valence-corrected chi connectivity index (χ1v) is 9.09. The fourth-order valence-corrected chi connectivity index (χ4v) is 3.62. The molecule has 0 saturated heterocycles. The molecule has 1 heterocycles. The molecule has 5 heteroatoms. The molecule has 0 bridgehead atoms. The Morgan fingerprint density at radius 1 is 0.926 bits per heavy atom. The Hall–Kier alpha value is -3.62.